The van der Waals surface area contributed by atoms with E-state index < -0.39 is 0 Å². The van der Waals surface area contributed by atoms with E-state index in [-0.39, 0.29) is 11.9 Å². The van der Waals surface area contributed by atoms with Gasteiger partial charge in [0.2, 0.25) is 11.8 Å². The monoisotopic (exact) mass is 373 g/mol. The van der Waals surface area contributed by atoms with Crippen molar-refractivity contribution in [2.24, 2.45) is 0 Å². The van der Waals surface area contributed by atoms with Crippen molar-refractivity contribution in [2.45, 2.75) is 38.1 Å². The number of carbonyl (C=O) groups excluding carboxylic acids is 1. The van der Waals surface area contributed by atoms with Crippen LogP contribution >= 0.6 is 11.6 Å². The molecule has 0 radical (unpaired) electrons. The average molecular weight is 374 g/mol. The average Bonchev–Trinajstić information content (AvgIpc) is 3.37. The van der Waals surface area contributed by atoms with Gasteiger partial charge in [0.05, 0.1) is 12.7 Å². The minimum absolute atomic E-state index is 0.0369. The second kappa shape index (κ2) is 7.80. The lowest BCUT2D eigenvalue weighted by atomic mass is 10.1. The molecule has 2 aromatic rings. The van der Waals surface area contributed by atoms with Crippen molar-refractivity contribution in [1.29, 1.82) is 0 Å². The van der Waals surface area contributed by atoms with Crippen molar-refractivity contribution in [3.8, 4) is 0 Å². The summed E-state index contributed by atoms with van der Waals surface area (Å²) in [6.45, 7) is 3.37. The first-order valence-corrected chi connectivity index (χ1v) is 9.78. The molecule has 1 aromatic heterocycles. The molecule has 0 unspecified atom stereocenters. The van der Waals surface area contributed by atoms with E-state index in [1.54, 1.807) is 6.20 Å². The third-order valence-corrected chi connectivity index (χ3v) is 5.68. The predicted molar refractivity (Wildman–Crippen MR) is 100 cm³/mol. The van der Waals surface area contributed by atoms with Crippen LogP contribution in [0.25, 0.3) is 0 Å². The first-order valence-electron chi connectivity index (χ1n) is 9.40. The van der Waals surface area contributed by atoms with Gasteiger partial charge in [0, 0.05) is 18.0 Å². The SMILES string of the molecule is O=C(CN1CCCC1)N1CCC[C@H]1c1ncc(Cc2ccccc2Cl)o1. The predicted octanol–water partition coefficient (Wildman–Crippen LogP) is 3.68. The summed E-state index contributed by atoms with van der Waals surface area (Å²) in [5.74, 6) is 1.63. The zero-order chi connectivity index (χ0) is 17.9. The lowest BCUT2D eigenvalue weighted by molar-refractivity contribution is -0.133. The van der Waals surface area contributed by atoms with E-state index in [4.69, 9.17) is 16.0 Å². The summed E-state index contributed by atoms with van der Waals surface area (Å²) in [4.78, 5) is 21.4. The molecule has 0 spiro atoms. The summed E-state index contributed by atoms with van der Waals surface area (Å²) in [5, 5.41) is 0.730. The Morgan fingerprint density at radius 2 is 2.00 bits per heavy atom. The number of likely N-dealkylation sites (tertiary alicyclic amines) is 2. The Hall–Kier alpha value is -1.85. The van der Waals surface area contributed by atoms with Gasteiger partial charge in [-0.25, -0.2) is 4.98 Å². The van der Waals surface area contributed by atoms with Gasteiger partial charge >= 0.3 is 0 Å². The number of rotatable bonds is 5. The molecule has 4 rings (SSSR count). The summed E-state index contributed by atoms with van der Waals surface area (Å²) in [6, 6.07) is 7.72. The molecule has 2 fully saturated rings. The highest BCUT2D eigenvalue weighted by Crippen LogP contribution is 2.32. The van der Waals surface area contributed by atoms with Crippen LogP contribution in [0.3, 0.4) is 0 Å². The van der Waals surface area contributed by atoms with Crippen molar-refractivity contribution < 1.29 is 9.21 Å². The van der Waals surface area contributed by atoms with Gasteiger partial charge in [-0.1, -0.05) is 29.8 Å². The minimum Gasteiger partial charge on any atom is -0.443 e. The first-order chi connectivity index (χ1) is 12.7. The van der Waals surface area contributed by atoms with E-state index in [0.717, 1.165) is 48.8 Å². The number of halogens is 1. The molecule has 0 bridgehead atoms. The summed E-state index contributed by atoms with van der Waals surface area (Å²) in [7, 11) is 0. The third kappa shape index (κ3) is 3.79. The van der Waals surface area contributed by atoms with Gasteiger partial charge in [-0.2, -0.15) is 0 Å². The quantitative estimate of drug-likeness (QED) is 0.802. The molecule has 2 aliphatic rings. The first kappa shape index (κ1) is 17.6. The lowest BCUT2D eigenvalue weighted by Gasteiger charge is -2.25. The van der Waals surface area contributed by atoms with Crippen molar-refractivity contribution in [2.75, 3.05) is 26.2 Å². The Morgan fingerprint density at radius 3 is 2.81 bits per heavy atom. The minimum atomic E-state index is -0.0369. The zero-order valence-electron chi connectivity index (χ0n) is 14.9. The number of aromatic nitrogens is 1. The highest BCUT2D eigenvalue weighted by molar-refractivity contribution is 6.31. The second-order valence-electron chi connectivity index (χ2n) is 7.16. The number of amides is 1. The zero-order valence-corrected chi connectivity index (χ0v) is 15.6. The van der Waals surface area contributed by atoms with Crippen molar-refractivity contribution in [1.82, 2.24) is 14.8 Å². The van der Waals surface area contributed by atoms with Gasteiger partial charge in [-0.05, 0) is 50.4 Å². The fourth-order valence-corrected chi connectivity index (χ4v) is 4.14. The molecule has 1 aromatic carbocycles. The Labute approximate surface area is 158 Å². The normalized spacial score (nSPS) is 20.8. The summed E-state index contributed by atoms with van der Waals surface area (Å²) in [6.07, 6.45) is 6.68. The standard InChI is InChI=1S/C20H24ClN3O2/c21-17-7-2-1-6-15(17)12-16-13-22-20(26-16)18-8-5-11-24(18)19(25)14-23-9-3-4-10-23/h1-2,6-7,13,18H,3-5,8-12,14H2/t18-/m0/s1. The van der Waals surface area contributed by atoms with E-state index in [0.29, 0.717) is 18.9 Å². The van der Waals surface area contributed by atoms with Crippen LogP contribution in [0.1, 0.15) is 48.9 Å². The third-order valence-electron chi connectivity index (χ3n) is 5.31. The summed E-state index contributed by atoms with van der Waals surface area (Å²) < 4.78 is 6.00. The fraction of sp³-hybridized carbons (Fsp3) is 0.500. The van der Waals surface area contributed by atoms with Crippen molar-refractivity contribution in [3.63, 3.8) is 0 Å². The fourth-order valence-electron chi connectivity index (χ4n) is 3.93. The van der Waals surface area contributed by atoms with Crippen LogP contribution in [-0.4, -0.2) is 46.9 Å². The molecule has 1 amide bonds. The number of nitrogens with zero attached hydrogens (tertiary/aromatic N) is 3. The van der Waals surface area contributed by atoms with Gasteiger partial charge < -0.3 is 9.32 Å². The molecule has 1 atom stereocenters. The van der Waals surface area contributed by atoms with Crippen LogP contribution in [0, 0.1) is 0 Å². The van der Waals surface area contributed by atoms with Crippen molar-refractivity contribution in [3.05, 3.63) is 52.7 Å². The maximum Gasteiger partial charge on any atom is 0.237 e. The largest absolute Gasteiger partial charge is 0.443 e. The Morgan fingerprint density at radius 1 is 1.19 bits per heavy atom. The molecule has 6 heteroatoms. The maximum absolute atomic E-state index is 12.7. The van der Waals surface area contributed by atoms with Gasteiger partial charge in [0.1, 0.15) is 11.8 Å². The molecule has 138 valence electrons. The van der Waals surface area contributed by atoms with Crippen LogP contribution in [-0.2, 0) is 11.2 Å². The van der Waals surface area contributed by atoms with Crippen LogP contribution in [0.15, 0.2) is 34.9 Å². The summed E-state index contributed by atoms with van der Waals surface area (Å²) in [5.41, 5.74) is 1.02. The van der Waals surface area contributed by atoms with Gasteiger partial charge in [-0.3, -0.25) is 9.69 Å². The Bertz CT molecular complexity index is 770. The molecule has 26 heavy (non-hydrogen) atoms. The molecular weight excluding hydrogens is 350 g/mol. The van der Waals surface area contributed by atoms with Gasteiger partial charge in [-0.15, -0.1) is 0 Å². The van der Waals surface area contributed by atoms with Gasteiger partial charge in [0.15, 0.2) is 0 Å². The molecule has 5 nitrogen and oxygen atoms in total. The van der Waals surface area contributed by atoms with Crippen LogP contribution < -0.4 is 0 Å². The highest BCUT2D eigenvalue weighted by atomic mass is 35.5. The topological polar surface area (TPSA) is 49.6 Å². The molecule has 3 heterocycles. The van der Waals surface area contributed by atoms with E-state index in [1.807, 2.05) is 29.2 Å². The van der Waals surface area contributed by atoms with Crippen LogP contribution in [0.2, 0.25) is 5.02 Å². The second-order valence-corrected chi connectivity index (χ2v) is 7.57. The van der Waals surface area contributed by atoms with E-state index in [1.165, 1.54) is 12.8 Å². The van der Waals surface area contributed by atoms with E-state index in [9.17, 15) is 4.79 Å². The molecule has 0 saturated carbocycles. The number of oxazole rings is 1. The molecule has 2 aliphatic heterocycles. The Kier molecular flexibility index (Phi) is 5.27. The number of hydrogen-bond donors (Lipinski definition) is 0. The van der Waals surface area contributed by atoms with Crippen molar-refractivity contribution >= 4 is 17.5 Å². The maximum atomic E-state index is 12.7. The number of hydrogen-bond acceptors (Lipinski definition) is 4. The number of carbonyl (C=O) groups is 1. The van der Waals surface area contributed by atoms with Crippen LogP contribution in [0.4, 0.5) is 0 Å². The van der Waals surface area contributed by atoms with Crippen LogP contribution in [0.5, 0.6) is 0 Å². The molecular formula is C20H24ClN3O2. The molecule has 2 saturated heterocycles. The van der Waals surface area contributed by atoms with E-state index in [2.05, 4.69) is 9.88 Å². The lowest BCUT2D eigenvalue weighted by Crippen LogP contribution is -2.39. The highest BCUT2D eigenvalue weighted by Gasteiger charge is 2.34. The molecule has 0 N–H and O–H groups in total. The smallest absolute Gasteiger partial charge is 0.237 e. The molecule has 0 aliphatic carbocycles. The summed E-state index contributed by atoms with van der Waals surface area (Å²) >= 11 is 6.23. The number of benzene rings is 1. The Balaban J connectivity index is 1.44. The van der Waals surface area contributed by atoms with Gasteiger partial charge in [0.25, 0.3) is 0 Å². The van der Waals surface area contributed by atoms with E-state index >= 15 is 0 Å².